The van der Waals surface area contributed by atoms with Gasteiger partial charge in [-0.05, 0) is 60.4 Å². The number of halogens is 1. The first-order valence-electron chi connectivity index (χ1n) is 12.0. The minimum Gasteiger partial charge on any atom is -0.486 e. The average Bonchev–Trinajstić information content (AvgIpc) is 2.86. The van der Waals surface area contributed by atoms with E-state index >= 15 is 0 Å². The van der Waals surface area contributed by atoms with Gasteiger partial charge in [0, 0.05) is 25.1 Å². The maximum absolute atomic E-state index is 14.0. The summed E-state index contributed by atoms with van der Waals surface area (Å²) >= 11 is 0. The highest BCUT2D eigenvalue weighted by Crippen LogP contribution is 2.22. The van der Waals surface area contributed by atoms with E-state index in [0.29, 0.717) is 29.2 Å². The van der Waals surface area contributed by atoms with Crippen molar-refractivity contribution in [3.63, 3.8) is 0 Å². The number of ether oxygens (including phenoxy) is 1. The fourth-order valence-electron chi connectivity index (χ4n) is 4.05. The van der Waals surface area contributed by atoms with Gasteiger partial charge in [0.1, 0.15) is 29.5 Å². The molecule has 0 spiro atoms. The number of nitrogens with one attached hydrogen (secondary N) is 2. The zero-order chi connectivity index (χ0) is 26.4. The number of carbonyl (C=O) groups is 1. The number of hydrogen-bond donors (Lipinski definition) is 2. The zero-order valence-electron chi connectivity index (χ0n) is 20.7. The Kier molecular flexibility index (Phi) is 8.62. The quantitative estimate of drug-likeness (QED) is 0.385. The number of nitriles is 1. The van der Waals surface area contributed by atoms with Crippen LogP contribution >= 0.6 is 8.86 Å². The highest BCUT2D eigenvalue weighted by atomic mass is 31.0. The van der Waals surface area contributed by atoms with Gasteiger partial charge in [0.2, 0.25) is 5.91 Å². The summed E-state index contributed by atoms with van der Waals surface area (Å²) in [6, 6.07) is 18.1. The monoisotopic (exact) mass is 517 g/mol. The second-order valence-corrected chi connectivity index (χ2v) is 9.85. The van der Waals surface area contributed by atoms with Gasteiger partial charge in [-0.1, -0.05) is 31.2 Å². The molecule has 1 aliphatic heterocycles. The molecule has 3 aromatic rings. The van der Waals surface area contributed by atoms with Crippen molar-refractivity contribution in [3.05, 3.63) is 89.4 Å². The van der Waals surface area contributed by atoms with E-state index < -0.39 is 11.9 Å². The molecule has 7 nitrogen and oxygen atoms in total. The first kappa shape index (κ1) is 26.4. The number of benzene rings is 2. The van der Waals surface area contributed by atoms with Gasteiger partial charge in [-0.2, -0.15) is 5.26 Å². The van der Waals surface area contributed by atoms with Gasteiger partial charge in [-0.3, -0.25) is 9.69 Å². The number of carbonyl (C=O) groups excluding carboxylic acids is 1. The van der Waals surface area contributed by atoms with Crippen molar-refractivity contribution < 1.29 is 13.9 Å². The molecule has 1 aromatic heterocycles. The van der Waals surface area contributed by atoms with E-state index in [0.717, 1.165) is 24.1 Å². The van der Waals surface area contributed by atoms with Crippen molar-refractivity contribution in [3.8, 4) is 11.8 Å². The second-order valence-electron chi connectivity index (χ2n) is 9.13. The van der Waals surface area contributed by atoms with Crippen LogP contribution in [0.1, 0.15) is 42.5 Å². The lowest BCUT2D eigenvalue weighted by molar-refractivity contribution is -0.118. The third-order valence-corrected chi connectivity index (χ3v) is 6.61. The van der Waals surface area contributed by atoms with Crippen molar-refractivity contribution in [2.24, 2.45) is 0 Å². The molecular weight excluding hydrogens is 488 g/mol. The molecule has 0 radical (unpaired) electrons. The van der Waals surface area contributed by atoms with Crippen LogP contribution in [0.3, 0.4) is 0 Å². The Morgan fingerprint density at radius 2 is 1.97 bits per heavy atom. The fraction of sp³-hybridized carbons (Fsp3) is 0.286. The van der Waals surface area contributed by atoms with Crippen molar-refractivity contribution in [1.82, 2.24) is 15.2 Å². The average molecular weight is 518 g/mol. The number of pyridine rings is 1. The van der Waals surface area contributed by atoms with E-state index in [1.165, 1.54) is 12.1 Å². The molecule has 2 aromatic carbocycles. The lowest BCUT2D eigenvalue weighted by Crippen LogP contribution is -2.54. The van der Waals surface area contributed by atoms with Crippen molar-refractivity contribution in [2.75, 3.05) is 25.0 Å². The molecular formula is C28H29FN5O2P. The van der Waals surface area contributed by atoms with Crippen LogP contribution in [0.5, 0.6) is 5.75 Å². The Hall–Kier alpha value is -3.63. The molecule has 9 heteroatoms. The van der Waals surface area contributed by atoms with Gasteiger partial charge >= 0.3 is 0 Å². The standard InChI is InChI=1S/C28H29FN5O2P/c1-18(21-8-6-20(13-30)7-9-21)14-32-27(22-4-3-5-23(29)12-22)28(35)33-26-11-10-24(15-31-26)36-25-16-34(17-25)19(2)37/h3-12,15,18,25,27,32,37H,14,16-17H2,1-2H3,(H,31,33,35). The normalized spacial score (nSPS) is 15.2. The lowest BCUT2D eigenvalue weighted by Gasteiger charge is -2.38. The highest BCUT2D eigenvalue weighted by Gasteiger charge is 2.29. The second kappa shape index (κ2) is 12.1. The molecule has 37 heavy (non-hydrogen) atoms. The van der Waals surface area contributed by atoms with E-state index in [1.54, 1.807) is 42.6 Å². The third kappa shape index (κ3) is 6.99. The summed E-state index contributed by atoms with van der Waals surface area (Å²) in [5.41, 5.74) is 3.20. The molecule has 190 valence electrons. The van der Waals surface area contributed by atoms with Gasteiger partial charge in [-0.25, -0.2) is 9.37 Å². The number of anilines is 1. The minimum absolute atomic E-state index is 0.0550. The highest BCUT2D eigenvalue weighted by molar-refractivity contribution is 7.20. The largest absolute Gasteiger partial charge is 0.486 e. The summed E-state index contributed by atoms with van der Waals surface area (Å²) in [5.74, 6) is 0.292. The number of nitrogens with zero attached hydrogens (tertiary/aromatic N) is 3. The van der Waals surface area contributed by atoms with Gasteiger partial charge in [0.15, 0.2) is 0 Å². The van der Waals surface area contributed by atoms with Gasteiger partial charge in [-0.15, -0.1) is 8.86 Å². The van der Waals surface area contributed by atoms with Crippen LogP contribution in [0.15, 0.2) is 66.9 Å². The summed E-state index contributed by atoms with van der Waals surface area (Å²) < 4.78 is 19.9. The summed E-state index contributed by atoms with van der Waals surface area (Å²) in [5, 5.41) is 15.1. The van der Waals surface area contributed by atoms with Crippen molar-refractivity contribution >= 4 is 26.0 Å². The van der Waals surface area contributed by atoms with Crippen LogP contribution in [-0.2, 0) is 4.79 Å². The molecule has 1 fully saturated rings. The molecule has 4 rings (SSSR count). The van der Waals surface area contributed by atoms with E-state index in [1.807, 2.05) is 26.0 Å². The van der Waals surface area contributed by atoms with E-state index in [9.17, 15) is 9.18 Å². The van der Waals surface area contributed by atoms with Crippen LogP contribution in [0.2, 0.25) is 0 Å². The Bertz CT molecular complexity index is 1290. The molecule has 0 aliphatic carbocycles. The van der Waals surface area contributed by atoms with Gasteiger partial charge in [0.05, 0.1) is 17.8 Å². The van der Waals surface area contributed by atoms with Crippen LogP contribution in [0.25, 0.3) is 0 Å². The predicted molar refractivity (Wildman–Crippen MR) is 145 cm³/mol. The number of amides is 1. The summed E-state index contributed by atoms with van der Waals surface area (Å²) in [7, 11) is 3.51. The van der Waals surface area contributed by atoms with Crippen molar-refractivity contribution in [2.45, 2.75) is 31.9 Å². The summed E-state index contributed by atoms with van der Waals surface area (Å²) in [6.45, 7) is 6.08. The van der Waals surface area contributed by atoms with E-state index in [4.69, 9.17) is 10.00 Å². The summed E-state index contributed by atoms with van der Waals surface area (Å²) in [6.07, 6.45) is 1.67. The van der Waals surface area contributed by atoms with E-state index in [2.05, 4.69) is 35.5 Å². The van der Waals surface area contributed by atoms with Gasteiger partial charge < -0.3 is 15.4 Å². The molecule has 1 saturated heterocycles. The van der Waals surface area contributed by atoms with E-state index in [-0.39, 0.29) is 17.9 Å². The maximum Gasteiger partial charge on any atom is 0.247 e. The Morgan fingerprint density at radius 1 is 1.22 bits per heavy atom. The number of likely N-dealkylation sites (tertiary alicyclic amines) is 1. The fourth-order valence-corrected chi connectivity index (χ4v) is 4.23. The van der Waals surface area contributed by atoms with Crippen LogP contribution in [0.4, 0.5) is 10.2 Å². The topological polar surface area (TPSA) is 90.3 Å². The maximum atomic E-state index is 14.0. The first-order valence-corrected chi connectivity index (χ1v) is 12.5. The molecule has 2 heterocycles. The number of hydrogen-bond acceptors (Lipinski definition) is 5. The molecule has 0 saturated carbocycles. The smallest absolute Gasteiger partial charge is 0.247 e. The molecule has 1 amide bonds. The minimum atomic E-state index is -0.793. The van der Waals surface area contributed by atoms with Crippen LogP contribution < -0.4 is 15.4 Å². The number of aromatic nitrogens is 1. The third-order valence-electron chi connectivity index (χ3n) is 6.29. The Labute approximate surface area is 218 Å². The van der Waals surface area contributed by atoms with Crippen LogP contribution in [-0.4, -0.2) is 46.9 Å². The Balaban J connectivity index is 1.40. The Morgan fingerprint density at radius 3 is 2.59 bits per heavy atom. The van der Waals surface area contributed by atoms with Gasteiger partial charge in [0.25, 0.3) is 0 Å². The molecule has 2 atom stereocenters. The molecule has 2 N–H and O–H groups in total. The lowest BCUT2D eigenvalue weighted by atomic mass is 9.98. The predicted octanol–water partition coefficient (Wildman–Crippen LogP) is 4.52. The van der Waals surface area contributed by atoms with Crippen molar-refractivity contribution in [1.29, 1.82) is 5.26 Å². The number of rotatable bonds is 10. The van der Waals surface area contributed by atoms with Crippen LogP contribution in [0, 0.1) is 17.1 Å². The summed E-state index contributed by atoms with van der Waals surface area (Å²) in [4.78, 5) is 19.7. The molecule has 2 unspecified atom stereocenters. The SMILES string of the molecule is CC(=P)N1CC(Oc2ccc(NC(=O)C(NCC(C)c3ccc(C#N)cc3)c3cccc(F)c3)nc2)C1. The first-order chi connectivity index (χ1) is 17.8. The molecule has 1 aliphatic rings. The molecule has 0 bridgehead atoms. The zero-order valence-corrected chi connectivity index (χ0v) is 21.7.